The Morgan fingerprint density at radius 2 is 1.96 bits per heavy atom. The second-order valence-corrected chi connectivity index (χ2v) is 7.01. The van der Waals surface area contributed by atoms with E-state index in [9.17, 15) is 9.18 Å². The SMILES string of the molecule is CC(CNC(=O)C(Cc1cccnc1)c1ccc(F)cc1)N1CCCC1. The number of amides is 1. The standard InChI is InChI=1S/C21H26FN3O/c1-16(25-11-2-3-12-25)14-24-21(26)20(13-17-5-4-10-23-15-17)18-6-8-19(22)9-7-18/h4-10,15-16,20H,2-3,11-14H2,1H3,(H,24,26). The van der Waals surface area contributed by atoms with Crippen molar-refractivity contribution in [2.24, 2.45) is 0 Å². The lowest BCUT2D eigenvalue weighted by atomic mass is 9.91. The Morgan fingerprint density at radius 3 is 2.62 bits per heavy atom. The summed E-state index contributed by atoms with van der Waals surface area (Å²) in [5, 5.41) is 3.10. The lowest BCUT2D eigenvalue weighted by Crippen LogP contribution is -2.42. The quantitative estimate of drug-likeness (QED) is 0.830. The summed E-state index contributed by atoms with van der Waals surface area (Å²) in [6.07, 6.45) is 6.50. The Balaban J connectivity index is 1.69. The van der Waals surface area contributed by atoms with Crippen molar-refractivity contribution in [3.05, 3.63) is 65.7 Å². The topological polar surface area (TPSA) is 45.2 Å². The van der Waals surface area contributed by atoms with Crippen LogP contribution in [0.3, 0.4) is 0 Å². The van der Waals surface area contributed by atoms with Gasteiger partial charge in [-0.25, -0.2) is 4.39 Å². The van der Waals surface area contributed by atoms with E-state index in [-0.39, 0.29) is 17.6 Å². The van der Waals surface area contributed by atoms with Crippen molar-refractivity contribution in [3.63, 3.8) is 0 Å². The fraction of sp³-hybridized carbons (Fsp3) is 0.429. The third-order valence-corrected chi connectivity index (χ3v) is 5.09. The van der Waals surface area contributed by atoms with Crippen LogP contribution in [-0.2, 0) is 11.2 Å². The Kier molecular flexibility index (Phi) is 6.34. The van der Waals surface area contributed by atoms with Crippen LogP contribution in [0.1, 0.15) is 36.8 Å². The van der Waals surface area contributed by atoms with Gasteiger partial charge >= 0.3 is 0 Å². The molecule has 0 spiro atoms. The normalized spacial score (nSPS) is 17.0. The molecule has 138 valence electrons. The minimum Gasteiger partial charge on any atom is -0.354 e. The molecule has 26 heavy (non-hydrogen) atoms. The number of hydrogen-bond acceptors (Lipinski definition) is 3. The molecule has 1 aromatic heterocycles. The van der Waals surface area contributed by atoms with Gasteiger partial charge in [0.15, 0.2) is 0 Å². The van der Waals surface area contributed by atoms with Crippen molar-refractivity contribution in [3.8, 4) is 0 Å². The average molecular weight is 355 g/mol. The summed E-state index contributed by atoms with van der Waals surface area (Å²) in [5.41, 5.74) is 1.81. The number of pyridine rings is 1. The maximum absolute atomic E-state index is 13.3. The van der Waals surface area contributed by atoms with Crippen molar-refractivity contribution >= 4 is 5.91 Å². The highest BCUT2D eigenvalue weighted by Gasteiger charge is 2.23. The van der Waals surface area contributed by atoms with Crippen LogP contribution >= 0.6 is 0 Å². The van der Waals surface area contributed by atoms with Gasteiger partial charge in [0.25, 0.3) is 0 Å². The molecule has 1 aromatic carbocycles. The van der Waals surface area contributed by atoms with Gasteiger partial charge in [-0.15, -0.1) is 0 Å². The first kappa shape index (κ1) is 18.5. The van der Waals surface area contributed by atoms with Crippen LogP contribution in [0.15, 0.2) is 48.8 Å². The summed E-state index contributed by atoms with van der Waals surface area (Å²) < 4.78 is 13.3. The number of carbonyl (C=O) groups excluding carboxylic acids is 1. The van der Waals surface area contributed by atoms with E-state index in [1.165, 1.54) is 25.0 Å². The zero-order chi connectivity index (χ0) is 18.4. The molecule has 2 atom stereocenters. The maximum atomic E-state index is 13.3. The van der Waals surface area contributed by atoms with Gasteiger partial charge in [0.1, 0.15) is 5.82 Å². The fourth-order valence-corrected chi connectivity index (χ4v) is 3.49. The molecule has 1 saturated heterocycles. The molecule has 1 fully saturated rings. The molecule has 1 aliphatic heterocycles. The van der Waals surface area contributed by atoms with Gasteiger partial charge in [0.2, 0.25) is 5.91 Å². The van der Waals surface area contributed by atoms with Crippen molar-refractivity contribution < 1.29 is 9.18 Å². The molecule has 0 aliphatic carbocycles. The lowest BCUT2D eigenvalue weighted by Gasteiger charge is -2.25. The largest absolute Gasteiger partial charge is 0.354 e. The summed E-state index contributed by atoms with van der Waals surface area (Å²) in [7, 11) is 0. The van der Waals surface area contributed by atoms with E-state index in [2.05, 4.69) is 22.1 Å². The molecule has 2 aromatic rings. The van der Waals surface area contributed by atoms with Crippen LogP contribution in [0.4, 0.5) is 4.39 Å². The average Bonchev–Trinajstić information content (AvgIpc) is 3.20. The molecule has 0 bridgehead atoms. The minimum atomic E-state index is -0.356. The highest BCUT2D eigenvalue weighted by atomic mass is 19.1. The zero-order valence-corrected chi connectivity index (χ0v) is 15.2. The first-order chi connectivity index (χ1) is 12.6. The van der Waals surface area contributed by atoms with E-state index in [0.717, 1.165) is 24.2 Å². The third kappa shape index (κ3) is 4.88. The molecule has 2 heterocycles. The summed E-state index contributed by atoms with van der Waals surface area (Å²) >= 11 is 0. The third-order valence-electron chi connectivity index (χ3n) is 5.09. The van der Waals surface area contributed by atoms with Crippen molar-refractivity contribution in [1.82, 2.24) is 15.2 Å². The number of likely N-dealkylation sites (tertiary alicyclic amines) is 1. The number of nitrogens with zero attached hydrogens (tertiary/aromatic N) is 2. The van der Waals surface area contributed by atoms with Gasteiger partial charge in [-0.3, -0.25) is 14.7 Å². The Morgan fingerprint density at radius 1 is 1.23 bits per heavy atom. The van der Waals surface area contributed by atoms with Crippen LogP contribution < -0.4 is 5.32 Å². The maximum Gasteiger partial charge on any atom is 0.227 e. The van der Waals surface area contributed by atoms with Gasteiger partial charge in [0, 0.05) is 25.0 Å². The molecule has 1 amide bonds. The predicted octanol–water partition coefficient (Wildman–Crippen LogP) is 3.15. The number of carbonyl (C=O) groups is 1. The van der Waals surface area contributed by atoms with Crippen LogP contribution in [-0.4, -0.2) is 41.5 Å². The molecule has 0 radical (unpaired) electrons. The number of nitrogens with one attached hydrogen (secondary N) is 1. The summed E-state index contributed by atoms with van der Waals surface area (Å²) in [4.78, 5) is 19.5. The predicted molar refractivity (Wildman–Crippen MR) is 100 cm³/mol. The molecule has 1 aliphatic rings. The van der Waals surface area contributed by atoms with E-state index in [0.29, 0.717) is 19.0 Å². The Labute approximate surface area is 154 Å². The molecule has 0 saturated carbocycles. The van der Waals surface area contributed by atoms with Gasteiger partial charge in [-0.2, -0.15) is 0 Å². The summed E-state index contributed by atoms with van der Waals surface area (Å²) in [5.74, 6) is -0.672. The number of halogens is 1. The second-order valence-electron chi connectivity index (χ2n) is 7.01. The minimum absolute atomic E-state index is 0.0218. The lowest BCUT2D eigenvalue weighted by molar-refractivity contribution is -0.122. The molecule has 4 nitrogen and oxygen atoms in total. The Hall–Kier alpha value is -2.27. The van der Waals surface area contributed by atoms with Gasteiger partial charge in [-0.05, 0) is 68.6 Å². The van der Waals surface area contributed by atoms with Crippen LogP contribution in [0.2, 0.25) is 0 Å². The van der Waals surface area contributed by atoms with E-state index in [4.69, 9.17) is 0 Å². The van der Waals surface area contributed by atoms with E-state index in [1.54, 1.807) is 24.5 Å². The zero-order valence-electron chi connectivity index (χ0n) is 15.2. The summed E-state index contributed by atoms with van der Waals surface area (Å²) in [6.45, 7) is 4.99. The van der Waals surface area contributed by atoms with E-state index >= 15 is 0 Å². The molecular formula is C21H26FN3O. The molecule has 2 unspecified atom stereocenters. The van der Waals surface area contributed by atoms with Gasteiger partial charge in [0.05, 0.1) is 5.92 Å². The van der Waals surface area contributed by atoms with Crippen LogP contribution in [0.25, 0.3) is 0 Å². The summed E-state index contributed by atoms with van der Waals surface area (Å²) in [6, 6.07) is 10.4. The second kappa shape index (κ2) is 8.90. The first-order valence-electron chi connectivity index (χ1n) is 9.29. The Bertz CT molecular complexity index is 699. The highest BCUT2D eigenvalue weighted by molar-refractivity contribution is 5.84. The number of hydrogen-bond donors (Lipinski definition) is 1. The smallest absolute Gasteiger partial charge is 0.227 e. The number of aromatic nitrogens is 1. The molecular weight excluding hydrogens is 329 g/mol. The van der Waals surface area contributed by atoms with Crippen LogP contribution in [0, 0.1) is 5.82 Å². The number of rotatable bonds is 7. The first-order valence-corrected chi connectivity index (χ1v) is 9.29. The van der Waals surface area contributed by atoms with Crippen molar-refractivity contribution in [2.45, 2.75) is 38.1 Å². The van der Waals surface area contributed by atoms with Gasteiger partial charge in [-0.1, -0.05) is 18.2 Å². The molecule has 3 rings (SSSR count). The monoisotopic (exact) mass is 355 g/mol. The highest BCUT2D eigenvalue weighted by Crippen LogP contribution is 2.22. The van der Waals surface area contributed by atoms with E-state index < -0.39 is 0 Å². The van der Waals surface area contributed by atoms with E-state index in [1.807, 2.05) is 12.1 Å². The fourth-order valence-electron chi connectivity index (χ4n) is 3.49. The molecule has 1 N–H and O–H groups in total. The van der Waals surface area contributed by atoms with Crippen LogP contribution in [0.5, 0.6) is 0 Å². The van der Waals surface area contributed by atoms with Gasteiger partial charge < -0.3 is 5.32 Å². The number of benzene rings is 1. The molecule has 5 heteroatoms. The van der Waals surface area contributed by atoms with Crippen molar-refractivity contribution in [2.75, 3.05) is 19.6 Å². The van der Waals surface area contributed by atoms with Crippen molar-refractivity contribution in [1.29, 1.82) is 0 Å².